The smallest absolute Gasteiger partial charge is 0.417 e. The molecular formula is C14H6F6O2. The Morgan fingerprint density at radius 3 is 2.18 bits per heavy atom. The number of carbonyl (C=O) groups is 1. The number of rotatable bonds is 2. The van der Waals surface area contributed by atoms with Gasteiger partial charge in [0, 0.05) is 5.56 Å². The minimum absolute atomic E-state index is 0.0137. The lowest BCUT2D eigenvalue weighted by molar-refractivity contribution is -0.138. The number of alkyl halides is 3. The molecule has 0 aliphatic carbocycles. The van der Waals surface area contributed by atoms with Gasteiger partial charge in [-0.15, -0.1) is 0 Å². The fourth-order valence-electron chi connectivity index (χ4n) is 1.81. The van der Waals surface area contributed by atoms with Crippen LogP contribution in [0.25, 0.3) is 0 Å². The van der Waals surface area contributed by atoms with E-state index < -0.39 is 51.9 Å². The fraction of sp³-hybridized carbons (Fsp3) is 0.0714. The lowest BCUT2D eigenvalue weighted by Crippen LogP contribution is -2.15. The number of halogens is 6. The fourth-order valence-corrected chi connectivity index (χ4v) is 1.81. The molecule has 2 aromatic rings. The van der Waals surface area contributed by atoms with E-state index in [1.165, 1.54) is 0 Å². The third-order valence-corrected chi connectivity index (χ3v) is 2.83. The second-order valence-electron chi connectivity index (χ2n) is 4.28. The number of phenolic OH excluding ortho intramolecular Hbond substituents is 1. The van der Waals surface area contributed by atoms with E-state index in [0.717, 1.165) is 12.1 Å². The second-order valence-corrected chi connectivity index (χ2v) is 4.28. The molecule has 2 aromatic carbocycles. The van der Waals surface area contributed by atoms with Crippen LogP contribution in [0.1, 0.15) is 21.5 Å². The van der Waals surface area contributed by atoms with Crippen molar-refractivity contribution in [3.63, 3.8) is 0 Å². The van der Waals surface area contributed by atoms with Gasteiger partial charge in [0.15, 0.2) is 29.0 Å². The highest BCUT2D eigenvalue weighted by atomic mass is 19.4. The number of ketones is 1. The van der Waals surface area contributed by atoms with Crippen molar-refractivity contribution >= 4 is 5.78 Å². The summed E-state index contributed by atoms with van der Waals surface area (Å²) >= 11 is 0. The Hall–Kier alpha value is -2.51. The van der Waals surface area contributed by atoms with Crippen LogP contribution < -0.4 is 0 Å². The largest absolute Gasteiger partial charge is 0.505 e. The van der Waals surface area contributed by atoms with E-state index in [0.29, 0.717) is 6.07 Å². The molecule has 0 atom stereocenters. The first-order valence-electron chi connectivity index (χ1n) is 5.71. The SMILES string of the molecule is O=C(c1cc(F)c(O)cc1C(F)(F)F)c1cccc(F)c1F. The first kappa shape index (κ1) is 15.9. The number of hydrogen-bond donors (Lipinski definition) is 1. The van der Waals surface area contributed by atoms with Crippen molar-refractivity contribution in [3.05, 3.63) is 64.5 Å². The molecule has 22 heavy (non-hydrogen) atoms. The quantitative estimate of drug-likeness (QED) is 0.669. The molecule has 0 spiro atoms. The molecule has 0 radical (unpaired) electrons. The van der Waals surface area contributed by atoms with Crippen LogP contribution in [0.3, 0.4) is 0 Å². The molecule has 1 N–H and O–H groups in total. The maximum Gasteiger partial charge on any atom is 0.417 e. The van der Waals surface area contributed by atoms with E-state index in [4.69, 9.17) is 5.11 Å². The van der Waals surface area contributed by atoms with Crippen LogP contribution in [-0.2, 0) is 6.18 Å². The van der Waals surface area contributed by atoms with E-state index >= 15 is 0 Å². The Balaban J connectivity index is 2.68. The molecule has 0 unspecified atom stereocenters. The van der Waals surface area contributed by atoms with Gasteiger partial charge in [0.2, 0.25) is 0 Å². The topological polar surface area (TPSA) is 37.3 Å². The highest BCUT2D eigenvalue weighted by molar-refractivity contribution is 6.10. The second kappa shape index (κ2) is 5.36. The van der Waals surface area contributed by atoms with Gasteiger partial charge < -0.3 is 5.11 Å². The molecule has 116 valence electrons. The summed E-state index contributed by atoms with van der Waals surface area (Å²) in [4.78, 5) is 12.0. The van der Waals surface area contributed by atoms with Crippen molar-refractivity contribution in [1.29, 1.82) is 0 Å². The van der Waals surface area contributed by atoms with Crippen LogP contribution in [0.15, 0.2) is 30.3 Å². The van der Waals surface area contributed by atoms with Gasteiger partial charge in [-0.1, -0.05) is 6.07 Å². The predicted molar refractivity (Wildman–Crippen MR) is 62.9 cm³/mol. The summed E-state index contributed by atoms with van der Waals surface area (Å²) in [5.74, 6) is -7.44. The molecule has 2 rings (SSSR count). The molecule has 0 saturated carbocycles. The molecule has 0 heterocycles. The van der Waals surface area contributed by atoms with Crippen LogP contribution in [0, 0.1) is 17.5 Å². The Morgan fingerprint density at radius 1 is 0.955 bits per heavy atom. The standard InChI is InChI=1S/C14H6F6O2/c15-9-3-1-2-6(12(9)17)13(22)7-4-10(16)11(21)5-8(7)14(18,19)20/h1-5,21H. The van der Waals surface area contributed by atoms with Crippen LogP contribution >= 0.6 is 0 Å². The zero-order valence-electron chi connectivity index (χ0n) is 10.5. The molecule has 0 fully saturated rings. The van der Waals surface area contributed by atoms with Crippen LogP contribution in [0.4, 0.5) is 26.3 Å². The number of aromatic hydroxyl groups is 1. The number of benzene rings is 2. The molecule has 0 amide bonds. The van der Waals surface area contributed by atoms with Crippen LogP contribution in [-0.4, -0.2) is 10.9 Å². The van der Waals surface area contributed by atoms with Gasteiger partial charge in [0.25, 0.3) is 0 Å². The Bertz CT molecular complexity index is 752. The van der Waals surface area contributed by atoms with Crippen molar-refractivity contribution in [2.45, 2.75) is 6.18 Å². The normalized spacial score (nSPS) is 11.5. The van der Waals surface area contributed by atoms with E-state index in [1.807, 2.05) is 0 Å². The maximum absolute atomic E-state index is 13.5. The molecule has 0 aliphatic rings. The Kier molecular flexibility index (Phi) is 3.87. The third kappa shape index (κ3) is 2.76. The summed E-state index contributed by atoms with van der Waals surface area (Å²) in [5.41, 5.74) is -3.86. The first-order chi connectivity index (χ1) is 10.1. The zero-order chi connectivity index (χ0) is 16.7. The Labute approximate surface area is 119 Å². The van der Waals surface area contributed by atoms with Gasteiger partial charge >= 0.3 is 6.18 Å². The predicted octanol–water partition coefficient (Wildman–Crippen LogP) is 4.06. The molecule has 0 aliphatic heterocycles. The average Bonchev–Trinajstić information content (AvgIpc) is 2.42. The molecule has 0 saturated heterocycles. The summed E-state index contributed by atoms with van der Waals surface area (Å²) < 4.78 is 78.4. The molecule has 0 aromatic heterocycles. The lowest BCUT2D eigenvalue weighted by Gasteiger charge is -2.13. The summed E-state index contributed by atoms with van der Waals surface area (Å²) in [6.07, 6.45) is -5.10. The first-order valence-corrected chi connectivity index (χ1v) is 5.71. The summed E-state index contributed by atoms with van der Waals surface area (Å²) in [7, 11) is 0. The van der Waals surface area contributed by atoms with E-state index in [2.05, 4.69) is 0 Å². The summed E-state index contributed by atoms with van der Waals surface area (Å²) in [6, 6.07) is 2.51. The third-order valence-electron chi connectivity index (χ3n) is 2.83. The highest BCUT2D eigenvalue weighted by Gasteiger charge is 2.37. The summed E-state index contributed by atoms with van der Waals surface area (Å²) in [6.45, 7) is 0. The van der Waals surface area contributed by atoms with Crippen molar-refractivity contribution in [1.82, 2.24) is 0 Å². The van der Waals surface area contributed by atoms with Crippen molar-refractivity contribution < 1.29 is 36.2 Å². The van der Waals surface area contributed by atoms with Gasteiger partial charge in [-0.05, 0) is 24.3 Å². The molecule has 2 nitrogen and oxygen atoms in total. The van der Waals surface area contributed by atoms with Gasteiger partial charge in [-0.3, -0.25) is 4.79 Å². The van der Waals surface area contributed by atoms with Gasteiger partial charge in [-0.2, -0.15) is 13.2 Å². The molecular weight excluding hydrogens is 314 g/mol. The molecule has 0 bridgehead atoms. The number of hydrogen-bond acceptors (Lipinski definition) is 2. The van der Waals surface area contributed by atoms with Crippen molar-refractivity contribution in [2.24, 2.45) is 0 Å². The number of carbonyl (C=O) groups excluding carboxylic acids is 1. The minimum Gasteiger partial charge on any atom is -0.505 e. The molecule has 8 heteroatoms. The van der Waals surface area contributed by atoms with Gasteiger partial charge in [0.05, 0.1) is 11.1 Å². The summed E-state index contributed by atoms with van der Waals surface area (Å²) in [5, 5.41) is 9.02. The van der Waals surface area contributed by atoms with Crippen molar-refractivity contribution in [3.8, 4) is 5.75 Å². The van der Waals surface area contributed by atoms with Crippen LogP contribution in [0.2, 0.25) is 0 Å². The zero-order valence-corrected chi connectivity index (χ0v) is 10.5. The average molecular weight is 320 g/mol. The van der Waals surface area contributed by atoms with Gasteiger partial charge in [-0.25, -0.2) is 13.2 Å². The Morgan fingerprint density at radius 2 is 1.59 bits per heavy atom. The lowest BCUT2D eigenvalue weighted by atomic mass is 9.97. The highest BCUT2D eigenvalue weighted by Crippen LogP contribution is 2.36. The number of phenols is 1. The van der Waals surface area contributed by atoms with Crippen LogP contribution in [0.5, 0.6) is 5.75 Å². The van der Waals surface area contributed by atoms with E-state index in [1.54, 1.807) is 0 Å². The van der Waals surface area contributed by atoms with Gasteiger partial charge in [0.1, 0.15) is 0 Å². The van der Waals surface area contributed by atoms with E-state index in [9.17, 15) is 31.1 Å². The monoisotopic (exact) mass is 320 g/mol. The minimum atomic E-state index is -5.10. The van der Waals surface area contributed by atoms with Crippen molar-refractivity contribution in [2.75, 3.05) is 0 Å². The van der Waals surface area contributed by atoms with E-state index in [-0.39, 0.29) is 12.1 Å². The maximum atomic E-state index is 13.5.